The van der Waals surface area contributed by atoms with Crippen molar-refractivity contribution < 1.29 is 14.7 Å². The Labute approximate surface area is 83.3 Å². The summed E-state index contributed by atoms with van der Waals surface area (Å²) in [6, 6.07) is 0.0520. The lowest BCUT2D eigenvalue weighted by Crippen LogP contribution is -2.44. The van der Waals surface area contributed by atoms with Crippen LogP contribution in [-0.2, 0) is 4.79 Å². The predicted molar refractivity (Wildman–Crippen MR) is 51.1 cm³/mol. The number of amides is 2. The Morgan fingerprint density at radius 2 is 2.21 bits per heavy atom. The third-order valence-corrected chi connectivity index (χ3v) is 2.50. The molecule has 1 unspecified atom stereocenters. The summed E-state index contributed by atoms with van der Waals surface area (Å²) in [7, 11) is 1.52. The lowest BCUT2D eigenvalue weighted by Gasteiger charge is -2.26. The van der Waals surface area contributed by atoms with Crippen LogP contribution in [0.5, 0.6) is 0 Å². The van der Waals surface area contributed by atoms with Crippen molar-refractivity contribution in [1.29, 1.82) is 0 Å². The number of rotatable bonds is 2. The van der Waals surface area contributed by atoms with Crippen LogP contribution >= 0.6 is 0 Å². The van der Waals surface area contributed by atoms with E-state index in [0.29, 0.717) is 0 Å². The first-order valence-corrected chi connectivity index (χ1v) is 4.76. The van der Waals surface area contributed by atoms with Crippen LogP contribution in [0.3, 0.4) is 0 Å². The highest BCUT2D eigenvalue weighted by Crippen LogP contribution is 2.17. The van der Waals surface area contributed by atoms with Crippen molar-refractivity contribution in [1.82, 2.24) is 9.80 Å². The number of carboxylic acids is 1. The van der Waals surface area contributed by atoms with Gasteiger partial charge in [-0.25, -0.2) is 4.79 Å². The largest absolute Gasteiger partial charge is 0.480 e. The van der Waals surface area contributed by atoms with Crippen molar-refractivity contribution in [3.63, 3.8) is 0 Å². The van der Waals surface area contributed by atoms with Gasteiger partial charge in [-0.1, -0.05) is 0 Å². The molecule has 1 fully saturated rings. The zero-order valence-electron chi connectivity index (χ0n) is 8.56. The van der Waals surface area contributed by atoms with Gasteiger partial charge < -0.3 is 14.9 Å². The van der Waals surface area contributed by atoms with Gasteiger partial charge in [-0.05, 0) is 19.8 Å². The number of carboxylic acid groups (broad SMARTS) is 1. The second-order valence-corrected chi connectivity index (χ2v) is 3.72. The lowest BCUT2D eigenvalue weighted by atomic mass is 10.2. The van der Waals surface area contributed by atoms with Gasteiger partial charge in [-0.3, -0.25) is 4.79 Å². The highest BCUT2D eigenvalue weighted by atomic mass is 16.4. The molecule has 0 spiro atoms. The minimum Gasteiger partial charge on any atom is -0.480 e. The summed E-state index contributed by atoms with van der Waals surface area (Å²) in [4.78, 5) is 25.0. The first kappa shape index (κ1) is 10.8. The fraction of sp³-hybridized carbons (Fsp3) is 0.778. The zero-order valence-corrected chi connectivity index (χ0v) is 8.56. The Morgan fingerprint density at radius 3 is 2.64 bits per heavy atom. The third kappa shape index (κ3) is 2.37. The van der Waals surface area contributed by atoms with Gasteiger partial charge in [0.2, 0.25) is 0 Å². The fourth-order valence-electron chi connectivity index (χ4n) is 1.71. The maximum atomic E-state index is 11.7. The molecule has 0 aromatic carbocycles. The smallest absolute Gasteiger partial charge is 0.323 e. The number of hydrogen-bond acceptors (Lipinski definition) is 2. The average Bonchev–Trinajstić information content (AvgIpc) is 2.48. The topological polar surface area (TPSA) is 60.9 Å². The number of urea groups is 1. The monoisotopic (exact) mass is 200 g/mol. The molecule has 0 aliphatic carbocycles. The molecule has 0 radical (unpaired) electrons. The van der Waals surface area contributed by atoms with E-state index in [1.165, 1.54) is 11.9 Å². The molecule has 5 heteroatoms. The van der Waals surface area contributed by atoms with Crippen LogP contribution in [0.2, 0.25) is 0 Å². The summed E-state index contributed by atoms with van der Waals surface area (Å²) in [5, 5.41) is 8.53. The molecule has 0 aromatic rings. The van der Waals surface area contributed by atoms with E-state index in [1.807, 2.05) is 6.92 Å². The van der Waals surface area contributed by atoms with Crippen molar-refractivity contribution in [3.8, 4) is 0 Å². The summed E-state index contributed by atoms with van der Waals surface area (Å²) in [5.74, 6) is -0.979. The third-order valence-electron chi connectivity index (χ3n) is 2.50. The number of hydrogen-bond donors (Lipinski definition) is 1. The predicted octanol–water partition coefficient (Wildman–Crippen LogP) is 0.607. The van der Waals surface area contributed by atoms with E-state index >= 15 is 0 Å². The van der Waals surface area contributed by atoms with Crippen LogP contribution in [0.1, 0.15) is 19.8 Å². The average molecular weight is 200 g/mol. The van der Waals surface area contributed by atoms with Crippen LogP contribution in [0, 0.1) is 0 Å². The molecule has 0 aromatic heterocycles. The maximum Gasteiger partial charge on any atom is 0.323 e. The maximum absolute atomic E-state index is 11.7. The molecular formula is C9H16N2O3. The summed E-state index contributed by atoms with van der Waals surface area (Å²) in [5.41, 5.74) is 0. The highest BCUT2D eigenvalue weighted by molar-refractivity contribution is 5.80. The molecule has 1 N–H and O–H groups in total. The molecule has 1 aliphatic heterocycles. The van der Waals surface area contributed by atoms with E-state index < -0.39 is 5.97 Å². The normalized spacial score (nSPS) is 21.0. The molecule has 0 saturated carbocycles. The van der Waals surface area contributed by atoms with Crippen LogP contribution < -0.4 is 0 Å². The lowest BCUT2D eigenvalue weighted by molar-refractivity contribution is -0.137. The second kappa shape index (κ2) is 4.30. The minimum absolute atomic E-state index is 0.183. The van der Waals surface area contributed by atoms with Crippen molar-refractivity contribution in [2.24, 2.45) is 0 Å². The number of carbonyl (C=O) groups excluding carboxylic acids is 1. The van der Waals surface area contributed by atoms with E-state index in [2.05, 4.69) is 0 Å². The van der Waals surface area contributed by atoms with E-state index in [0.717, 1.165) is 19.4 Å². The van der Waals surface area contributed by atoms with Crippen molar-refractivity contribution in [3.05, 3.63) is 0 Å². The van der Waals surface area contributed by atoms with Crippen LogP contribution in [0.4, 0.5) is 4.79 Å². The molecular weight excluding hydrogens is 184 g/mol. The molecule has 1 heterocycles. The molecule has 1 rings (SSSR count). The van der Waals surface area contributed by atoms with Gasteiger partial charge in [-0.2, -0.15) is 0 Å². The fourth-order valence-corrected chi connectivity index (χ4v) is 1.71. The van der Waals surface area contributed by atoms with Crippen molar-refractivity contribution in [2.75, 3.05) is 20.1 Å². The molecule has 14 heavy (non-hydrogen) atoms. The minimum atomic E-state index is -0.979. The number of aliphatic carboxylic acids is 1. The van der Waals surface area contributed by atoms with E-state index in [9.17, 15) is 9.59 Å². The Kier molecular flexibility index (Phi) is 3.33. The zero-order chi connectivity index (χ0) is 10.7. The standard InChI is InChI=1S/C9H16N2O3/c1-7-4-3-5-11(7)9(14)10(2)6-8(12)13/h7H,3-6H2,1-2H3,(H,12,13). The Morgan fingerprint density at radius 1 is 1.57 bits per heavy atom. The molecule has 0 bridgehead atoms. The van der Waals surface area contributed by atoms with Gasteiger partial charge in [0.05, 0.1) is 0 Å². The SMILES string of the molecule is CC1CCCN1C(=O)N(C)CC(=O)O. The number of nitrogens with zero attached hydrogens (tertiary/aromatic N) is 2. The first-order valence-electron chi connectivity index (χ1n) is 4.76. The molecule has 1 aliphatic rings. The van der Waals surface area contributed by atoms with Gasteiger partial charge >= 0.3 is 12.0 Å². The second-order valence-electron chi connectivity index (χ2n) is 3.72. The molecule has 5 nitrogen and oxygen atoms in total. The van der Waals surface area contributed by atoms with Gasteiger partial charge in [0.25, 0.3) is 0 Å². The Balaban J connectivity index is 2.51. The Bertz CT molecular complexity index is 242. The Hall–Kier alpha value is -1.26. The van der Waals surface area contributed by atoms with Gasteiger partial charge in [0.15, 0.2) is 0 Å². The van der Waals surface area contributed by atoms with Gasteiger partial charge in [0.1, 0.15) is 6.54 Å². The molecule has 80 valence electrons. The number of likely N-dealkylation sites (N-methyl/N-ethyl adjacent to an activating group) is 1. The molecule has 1 atom stereocenters. The van der Waals surface area contributed by atoms with Gasteiger partial charge in [0, 0.05) is 19.6 Å². The quantitative estimate of drug-likeness (QED) is 0.710. The number of likely N-dealkylation sites (tertiary alicyclic amines) is 1. The summed E-state index contributed by atoms with van der Waals surface area (Å²) < 4.78 is 0. The van der Waals surface area contributed by atoms with E-state index in [1.54, 1.807) is 4.90 Å². The van der Waals surface area contributed by atoms with E-state index in [4.69, 9.17) is 5.11 Å². The summed E-state index contributed by atoms with van der Waals surface area (Å²) in [6.07, 6.45) is 2.01. The number of carbonyl (C=O) groups is 2. The summed E-state index contributed by atoms with van der Waals surface area (Å²) in [6.45, 7) is 2.49. The van der Waals surface area contributed by atoms with Crippen molar-refractivity contribution >= 4 is 12.0 Å². The first-order chi connectivity index (χ1) is 6.52. The van der Waals surface area contributed by atoms with Crippen molar-refractivity contribution in [2.45, 2.75) is 25.8 Å². The molecule has 1 saturated heterocycles. The van der Waals surface area contributed by atoms with Crippen LogP contribution in [0.25, 0.3) is 0 Å². The van der Waals surface area contributed by atoms with Crippen LogP contribution in [0.15, 0.2) is 0 Å². The van der Waals surface area contributed by atoms with Crippen LogP contribution in [-0.4, -0.2) is 53.1 Å². The van der Waals surface area contributed by atoms with E-state index in [-0.39, 0.29) is 18.6 Å². The highest BCUT2D eigenvalue weighted by Gasteiger charge is 2.27. The summed E-state index contributed by atoms with van der Waals surface area (Å²) >= 11 is 0. The van der Waals surface area contributed by atoms with Gasteiger partial charge in [-0.15, -0.1) is 0 Å². The molecule has 2 amide bonds.